The van der Waals surface area contributed by atoms with Crippen LogP contribution in [0.25, 0.3) is 0 Å². The Morgan fingerprint density at radius 1 is 1.24 bits per heavy atom. The molecule has 1 amide bonds. The standard InChI is InChI=1S/C12H19NO4/c1-7(8(2)12(15)16)11(14)13-9-4-5-10(6-9)17-3/h9-10H,4-6H2,1-3H3,(H,13,14)(H,15,16). The van der Waals surface area contributed by atoms with Gasteiger partial charge in [-0.05, 0) is 33.1 Å². The Kier molecular flexibility index (Phi) is 4.69. The second-order valence-corrected chi connectivity index (χ2v) is 4.40. The number of methoxy groups -OCH3 is 1. The van der Waals surface area contributed by atoms with Crippen LogP contribution in [-0.2, 0) is 14.3 Å². The number of amides is 1. The van der Waals surface area contributed by atoms with Gasteiger partial charge in [-0.3, -0.25) is 4.79 Å². The molecule has 17 heavy (non-hydrogen) atoms. The van der Waals surface area contributed by atoms with Crippen LogP contribution < -0.4 is 5.32 Å². The number of rotatable bonds is 4. The van der Waals surface area contributed by atoms with Crippen molar-refractivity contribution >= 4 is 11.9 Å². The van der Waals surface area contributed by atoms with Crippen LogP contribution in [-0.4, -0.2) is 36.2 Å². The molecule has 0 aliphatic heterocycles. The average Bonchev–Trinajstić information content (AvgIpc) is 2.74. The van der Waals surface area contributed by atoms with Gasteiger partial charge in [-0.2, -0.15) is 0 Å². The van der Waals surface area contributed by atoms with Gasteiger partial charge in [0.2, 0.25) is 5.91 Å². The second kappa shape index (κ2) is 5.82. The molecule has 0 spiro atoms. The Labute approximate surface area is 101 Å². The van der Waals surface area contributed by atoms with E-state index in [2.05, 4.69) is 5.32 Å². The van der Waals surface area contributed by atoms with Gasteiger partial charge in [0.25, 0.3) is 0 Å². The zero-order chi connectivity index (χ0) is 13.0. The maximum Gasteiger partial charge on any atom is 0.331 e. The molecule has 1 rings (SSSR count). The van der Waals surface area contributed by atoms with Crippen molar-refractivity contribution in [1.29, 1.82) is 0 Å². The van der Waals surface area contributed by atoms with Crippen LogP contribution in [0.3, 0.4) is 0 Å². The molecule has 1 saturated carbocycles. The van der Waals surface area contributed by atoms with Gasteiger partial charge in [0.05, 0.1) is 6.10 Å². The molecule has 96 valence electrons. The Morgan fingerprint density at radius 3 is 2.35 bits per heavy atom. The van der Waals surface area contributed by atoms with Gasteiger partial charge in [0.1, 0.15) is 0 Å². The predicted molar refractivity (Wildman–Crippen MR) is 62.6 cm³/mol. The molecule has 0 aromatic heterocycles. The number of carbonyl (C=O) groups is 2. The summed E-state index contributed by atoms with van der Waals surface area (Å²) in [6.07, 6.45) is 2.80. The Morgan fingerprint density at radius 2 is 1.88 bits per heavy atom. The lowest BCUT2D eigenvalue weighted by molar-refractivity contribution is -0.133. The molecule has 0 radical (unpaired) electrons. The van der Waals surface area contributed by atoms with Gasteiger partial charge in [0.15, 0.2) is 0 Å². The number of carboxylic acid groups (broad SMARTS) is 1. The summed E-state index contributed by atoms with van der Waals surface area (Å²) in [6, 6.07) is 0.0870. The van der Waals surface area contributed by atoms with Crippen molar-refractivity contribution in [2.75, 3.05) is 7.11 Å². The quantitative estimate of drug-likeness (QED) is 0.722. The van der Waals surface area contributed by atoms with Crippen LogP contribution in [0.15, 0.2) is 11.1 Å². The molecule has 0 bridgehead atoms. The van der Waals surface area contributed by atoms with E-state index >= 15 is 0 Å². The van der Waals surface area contributed by atoms with Gasteiger partial charge in [-0.25, -0.2) is 4.79 Å². The van der Waals surface area contributed by atoms with Crippen molar-refractivity contribution in [3.8, 4) is 0 Å². The molecule has 5 nitrogen and oxygen atoms in total. The number of carbonyl (C=O) groups excluding carboxylic acids is 1. The van der Waals surface area contributed by atoms with Gasteiger partial charge in [-0.15, -0.1) is 0 Å². The molecule has 0 heterocycles. The van der Waals surface area contributed by atoms with E-state index in [0.29, 0.717) is 0 Å². The van der Waals surface area contributed by atoms with E-state index in [1.165, 1.54) is 13.8 Å². The van der Waals surface area contributed by atoms with E-state index in [-0.39, 0.29) is 29.2 Å². The first-order chi connectivity index (χ1) is 7.95. The summed E-state index contributed by atoms with van der Waals surface area (Å²) in [4.78, 5) is 22.5. The van der Waals surface area contributed by atoms with Crippen molar-refractivity contribution in [3.63, 3.8) is 0 Å². The fraction of sp³-hybridized carbons (Fsp3) is 0.667. The largest absolute Gasteiger partial charge is 0.478 e. The van der Waals surface area contributed by atoms with E-state index in [1.807, 2.05) is 0 Å². The zero-order valence-corrected chi connectivity index (χ0v) is 10.4. The number of aliphatic carboxylic acids is 1. The summed E-state index contributed by atoms with van der Waals surface area (Å²) < 4.78 is 5.21. The minimum atomic E-state index is -1.06. The molecule has 2 N–H and O–H groups in total. The Balaban J connectivity index is 2.56. The Bertz CT molecular complexity index is 348. The minimum Gasteiger partial charge on any atom is -0.478 e. The van der Waals surface area contributed by atoms with E-state index in [0.717, 1.165) is 19.3 Å². The smallest absolute Gasteiger partial charge is 0.331 e. The summed E-state index contributed by atoms with van der Waals surface area (Å²) in [5, 5.41) is 11.6. The first-order valence-electron chi connectivity index (χ1n) is 5.70. The predicted octanol–water partition coefficient (Wildman–Crippen LogP) is 1.09. The second-order valence-electron chi connectivity index (χ2n) is 4.40. The van der Waals surface area contributed by atoms with E-state index in [4.69, 9.17) is 9.84 Å². The Hall–Kier alpha value is -1.36. The molecule has 0 aromatic rings. The van der Waals surface area contributed by atoms with Crippen molar-refractivity contribution in [2.24, 2.45) is 0 Å². The van der Waals surface area contributed by atoms with Crippen LogP contribution in [0.5, 0.6) is 0 Å². The highest BCUT2D eigenvalue weighted by Gasteiger charge is 2.26. The highest BCUT2D eigenvalue weighted by atomic mass is 16.5. The molecule has 2 atom stereocenters. The first-order valence-corrected chi connectivity index (χ1v) is 5.70. The lowest BCUT2D eigenvalue weighted by Crippen LogP contribution is -2.34. The molecule has 1 fully saturated rings. The number of hydrogen-bond acceptors (Lipinski definition) is 3. The van der Waals surface area contributed by atoms with Crippen molar-refractivity contribution in [3.05, 3.63) is 11.1 Å². The molecule has 1 aliphatic rings. The van der Waals surface area contributed by atoms with E-state index < -0.39 is 5.97 Å². The fourth-order valence-corrected chi connectivity index (χ4v) is 1.91. The zero-order valence-electron chi connectivity index (χ0n) is 10.4. The molecular formula is C12H19NO4. The van der Waals surface area contributed by atoms with Gasteiger partial charge < -0.3 is 15.2 Å². The highest BCUT2D eigenvalue weighted by molar-refractivity contribution is 6.01. The summed E-state index contributed by atoms with van der Waals surface area (Å²) in [5.41, 5.74) is 0.349. The summed E-state index contributed by atoms with van der Waals surface area (Å²) in [7, 11) is 1.66. The van der Waals surface area contributed by atoms with Crippen molar-refractivity contribution < 1.29 is 19.4 Å². The highest BCUT2D eigenvalue weighted by Crippen LogP contribution is 2.21. The summed E-state index contributed by atoms with van der Waals surface area (Å²) in [6.45, 7) is 2.96. The number of nitrogens with one attached hydrogen (secondary N) is 1. The van der Waals surface area contributed by atoms with Gasteiger partial charge in [-0.1, -0.05) is 0 Å². The maximum absolute atomic E-state index is 11.8. The number of hydrogen-bond donors (Lipinski definition) is 2. The van der Waals surface area contributed by atoms with Crippen LogP contribution in [0, 0.1) is 0 Å². The fourth-order valence-electron chi connectivity index (χ4n) is 1.91. The number of ether oxygens (including phenoxy) is 1. The monoisotopic (exact) mass is 241 g/mol. The first kappa shape index (κ1) is 13.7. The topological polar surface area (TPSA) is 75.6 Å². The lowest BCUT2D eigenvalue weighted by Gasteiger charge is -2.13. The van der Waals surface area contributed by atoms with Crippen molar-refractivity contribution in [2.45, 2.75) is 45.3 Å². The lowest BCUT2D eigenvalue weighted by atomic mass is 10.1. The third kappa shape index (κ3) is 3.56. The molecule has 0 aromatic carbocycles. The summed E-state index contributed by atoms with van der Waals surface area (Å²) in [5.74, 6) is -1.36. The summed E-state index contributed by atoms with van der Waals surface area (Å²) >= 11 is 0. The third-order valence-corrected chi connectivity index (χ3v) is 3.28. The number of carboxylic acids is 1. The normalized spacial score (nSPS) is 25.4. The molecule has 5 heteroatoms. The van der Waals surface area contributed by atoms with Crippen LogP contribution in [0.2, 0.25) is 0 Å². The maximum atomic E-state index is 11.8. The molecule has 2 unspecified atom stereocenters. The van der Waals surface area contributed by atoms with Gasteiger partial charge in [0, 0.05) is 24.3 Å². The SMILES string of the molecule is COC1CCC(NC(=O)C(C)=C(C)C(=O)O)C1. The van der Waals surface area contributed by atoms with Crippen molar-refractivity contribution in [1.82, 2.24) is 5.32 Å². The van der Waals surface area contributed by atoms with Crippen LogP contribution in [0.4, 0.5) is 0 Å². The molecule has 1 aliphatic carbocycles. The van der Waals surface area contributed by atoms with Crippen LogP contribution in [0.1, 0.15) is 33.1 Å². The van der Waals surface area contributed by atoms with Crippen LogP contribution >= 0.6 is 0 Å². The minimum absolute atomic E-state index is 0.0868. The third-order valence-electron chi connectivity index (χ3n) is 3.28. The van der Waals surface area contributed by atoms with E-state index in [1.54, 1.807) is 7.11 Å². The molecular weight excluding hydrogens is 222 g/mol. The average molecular weight is 241 g/mol. The molecule has 0 saturated heterocycles. The van der Waals surface area contributed by atoms with E-state index in [9.17, 15) is 9.59 Å². The van der Waals surface area contributed by atoms with Gasteiger partial charge >= 0.3 is 5.97 Å².